The van der Waals surface area contributed by atoms with Gasteiger partial charge in [-0.05, 0) is 24.3 Å². The third kappa shape index (κ3) is 4.61. The number of methoxy groups -OCH3 is 1. The van der Waals surface area contributed by atoms with Gasteiger partial charge in [-0.2, -0.15) is 5.26 Å². The summed E-state index contributed by atoms with van der Waals surface area (Å²) in [5.41, 5.74) is 6.27. The van der Waals surface area contributed by atoms with Gasteiger partial charge in [-0.15, -0.1) is 0 Å². The minimum atomic E-state index is -0.704. The summed E-state index contributed by atoms with van der Waals surface area (Å²) in [5.74, 6) is -1.20. The Balaban J connectivity index is 2.99. The molecule has 1 aromatic rings. The maximum atomic E-state index is 12.4. The van der Waals surface area contributed by atoms with E-state index in [0.29, 0.717) is 24.5 Å². The first-order valence-electron chi connectivity index (χ1n) is 6.54. The highest BCUT2D eigenvalue weighted by Gasteiger charge is 2.23. The molecule has 0 fully saturated rings. The first-order valence-corrected chi connectivity index (χ1v) is 6.54. The fourth-order valence-electron chi connectivity index (χ4n) is 1.66. The van der Waals surface area contributed by atoms with Crippen LogP contribution in [0.2, 0.25) is 0 Å². The molecule has 0 saturated carbocycles. The monoisotopic (exact) mass is 302 g/mol. The Hall–Kier alpha value is -2.85. The van der Waals surface area contributed by atoms with Gasteiger partial charge in [-0.1, -0.05) is 0 Å². The predicted octanol–water partition coefficient (Wildman–Crippen LogP) is 0.792. The van der Waals surface area contributed by atoms with Gasteiger partial charge in [0.2, 0.25) is 5.91 Å². The smallest absolute Gasteiger partial charge is 0.277 e. The molecule has 0 unspecified atom stereocenters. The molecule has 0 spiro atoms. The van der Waals surface area contributed by atoms with Gasteiger partial charge >= 0.3 is 0 Å². The zero-order valence-corrected chi connectivity index (χ0v) is 12.5. The number of hydrogen-bond donors (Lipinski definition) is 2. The van der Waals surface area contributed by atoms with Crippen molar-refractivity contribution in [1.29, 1.82) is 5.26 Å². The normalized spacial score (nSPS) is 10.7. The van der Waals surface area contributed by atoms with Crippen LogP contribution in [0.1, 0.15) is 6.92 Å². The standard InChI is InChI=1S/C15H18N4O3/c1-11(20)19(14-5-3-13(17)4-6-14)15(21)12(9-16)10-18-7-8-22-2/h3-6,10,18H,7-8,17H2,1-2H3/b12-10-. The molecule has 0 aromatic heterocycles. The maximum absolute atomic E-state index is 12.4. The van der Waals surface area contributed by atoms with Crippen molar-refractivity contribution >= 4 is 23.2 Å². The first-order chi connectivity index (χ1) is 10.5. The lowest BCUT2D eigenvalue weighted by Crippen LogP contribution is -2.36. The van der Waals surface area contributed by atoms with Crippen molar-refractivity contribution in [2.24, 2.45) is 0 Å². The molecule has 0 atom stereocenters. The van der Waals surface area contributed by atoms with Crippen LogP contribution >= 0.6 is 0 Å². The van der Waals surface area contributed by atoms with Crippen LogP contribution in [0.3, 0.4) is 0 Å². The number of imide groups is 1. The van der Waals surface area contributed by atoms with E-state index in [9.17, 15) is 9.59 Å². The molecule has 0 saturated heterocycles. The summed E-state index contributed by atoms with van der Waals surface area (Å²) in [6, 6.07) is 8.02. The second kappa shape index (κ2) is 8.44. The van der Waals surface area contributed by atoms with E-state index in [0.717, 1.165) is 4.90 Å². The Kier molecular flexibility index (Phi) is 6.60. The van der Waals surface area contributed by atoms with Crippen molar-refractivity contribution in [3.05, 3.63) is 36.0 Å². The van der Waals surface area contributed by atoms with Gasteiger partial charge in [-0.25, -0.2) is 4.90 Å². The van der Waals surface area contributed by atoms with Crippen molar-refractivity contribution in [3.8, 4) is 6.07 Å². The number of carbonyl (C=O) groups is 2. The third-order valence-corrected chi connectivity index (χ3v) is 2.72. The molecule has 7 heteroatoms. The predicted molar refractivity (Wildman–Crippen MR) is 82.6 cm³/mol. The molecular formula is C15H18N4O3. The maximum Gasteiger partial charge on any atom is 0.277 e. The molecule has 7 nitrogen and oxygen atoms in total. The lowest BCUT2D eigenvalue weighted by Gasteiger charge is -2.19. The molecule has 0 heterocycles. The number of anilines is 2. The fraction of sp³-hybridized carbons (Fsp3) is 0.267. The van der Waals surface area contributed by atoms with E-state index in [-0.39, 0.29) is 5.57 Å². The molecule has 0 aliphatic carbocycles. The largest absolute Gasteiger partial charge is 0.399 e. The highest BCUT2D eigenvalue weighted by atomic mass is 16.5. The van der Waals surface area contributed by atoms with Crippen molar-refractivity contribution in [3.63, 3.8) is 0 Å². The Morgan fingerprint density at radius 2 is 2.05 bits per heavy atom. The van der Waals surface area contributed by atoms with Crippen molar-refractivity contribution in [1.82, 2.24) is 5.32 Å². The summed E-state index contributed by atoms with van der Waals surface area (Å²) in [6.45, 7) is 2.12. The highest BCUT2D eigenvalue weighted by Crippen LogP contribution is 2.18. The number of amides is 2. The molecular weight excluding hydrogens is 284 g/mol. The highest BCUT2D eigenvalue weighted by molar-refractivity contribution is 6.21. The number of nitriles is 1. The van der Waals surface area contributed by atoms with Gasteiger partial charge in [0.25, 0.3) is 5.91 Å². The summed E-state index contributed by atoms with van der Waals surface area (Å²) >= 11 is 0. The van der Waals surface area contributed by atoms with E-state index in [1.54, 1.807) is 37.4 Å². The van der Waals surface area contributed by atoms with Gasteiger partial charge in [-0.3, -0.25) is 9.59 Å². The molecule has 2 amide bonds. The second-order valence-electron chi connectivity index (χ2n) is 4.37. The fourth-order valence-corrected chi connectivity index (χ4v) is 1.66. The number of nitrogen functional groups attached to an aromatic ring is 1. The third-order valence-electron chi connectivity index (χ3n) is 2.72. The van der Waals surface area contributed by atoms with Crippen LogP contribution in [0.5, 0.6) is 0 Å². The number of carbonyl (C=O) groups excluding carboxylic acids is 2. The van der Waals surface area contributed by atoms with E-state index >= 15 is 0 Å². The quantitative estimate of drug-likeness (QED) is 0.348. The first kappa shape index (κ1) is 17.2. The van der Waals surface area contributed by atoms with Crippen LogP contribution in [0.15, 0.2) is 36.0 Å². The number of ether oxygens (including phenoxy) is 1. The zero-order valence-electron chi connectivity index (χ0n) is 12.5. The van der Waals surface area contributed by atoms with E-state index in [2.05, 4.69) is 5.32 Å². The summed E-state index contributed by atoms with van der Waals surface area (Å²) in [6.07, 6.45) is 1.27. The van der Waals surface area contributed by atoms with Gasteiger partial charge in [0.15, 0.2) is 0 Å². The van der Waals surface area contributed by atoms with E-state index in [1.807, 2.05) is 0 Å². The number of hydrogen-bond acceptors (Lipinski definition) is 6. The van der Waals surface area contributed by atoms with Crippen LogP contribution < -0.4 is 16.0 Å². The SMILES string of the molecule is COCCN/C=C(/C#N)C(=O)N(C(C)=O)c1ccc(N)cc1. The van der Waals surface area contributed by atoms with Crippen LogP contribution in [0.4, 0.5) is 11.4 Å². The van der Waals surface area contributed by atoms with Crippen LogP contribution in [-0.4, -0.2) is 32.1 Å². The molecule has 22 heavy (non-hydrogen) atoms. The Morgan fingerprint density at radius 3 is 2.55 bits per heavy atom. The lowest BCUT2D eigenvalue weighted by molar-refractivity contribution is -0.123. The summed E-state index contributed by atoms with van der Waals surface area (Å²) in [4.78, 5) is 25.1. The van der Waals surface area contributed by atoms with E-state index in [1.165, 1.54) is 13.1 Å². The van der Waals surface area contributed by atoms with Crippen molar-refractivity contribution < 1.29 is 14.3 Å². The molecule has 0 aliphatic heterocycles. The van der Waals surface area contributed by atoms with Crippen molar-refractivity contribution in [2.45, 2.75) is 6.92 Å². The van der Waals surface area contributed by atoms with Crippen LogP contribution in [-0.2, 0) is 14.3 Å². The van der Waals surface area contributed by atoms with E-state index < -0.39 is 11.8 Å². The summed E-state index contributed by atoms with van der Waals surface area (Å²) < 4.78 is 4.85. The van der Waals surface area contributed by atoms with Gasteiger partial charge in [0.05, 0.1) is 12.3 Å². The summed E-state index contributed by atoms with van der Waals surface area (Å²) in [5, 5.41) is 11.9. The molecule has 0 aliphatic rings. The van der Waals surface area contributed by atoms with Crippen molar-refractivity contribution in [2.75, 3.05) is 30.9 Å². The number of rotatable bonds is 6. The molecule has 1 rings (SSSR count). The molecule has 3 N–H and O–H groups in total. The average molecular weight is 302 g/mol. The minimum Gasteiger partial charge on any atom is -0.399 e. The summed E-state index contributed by atoms with van der Waals surface area (Å²) in [7, 11) is 1.54. The number of nitrogens with zero attached hydrogens (tertiary/aromatic N) is 2. The number of benzene rings is 1. The Labute approximate surface area is 129 Å². The van der Waals surface area contributed by atoms with Gasteiger partial charge in [0, 0.05) is 32.5 Å². The van der Waals surface area contributed by atoms with Crippen LogP contribution in [0.25, 0.3) is 0 Å². The minimum absolute atomic E-state index is 0.178. The topological polar surface area (TPSA) is 108 Å². The Bertz CT molecular complexity index is 602. The van der Waals surface area contributed by atoms with Gasteiger partial charge < -0.3 is 15.8 Å². The Morgan fingerprint density at radius 1 is 1.41 bits per heavy atom. The molecule has 0 radical (unpaired) electrons. The van der Waals surface area contributed by atoms with E-state index in [4.69, 9.17) is 15.7 Å². The number of nitrogens with one attached hydrogen (secondary N) is 1. The number of nitrogens with two attached hydrogens (primary N) is 1. The molecule has 1 aromatic carbocycles. The molecule has 0 bridgehead atoms. The van der Waals surface area contributed by atoms with Gasteiger partial charge in [0.1, 0.15) is 11.6 Å². The molecule has 116 valence electrons. The average Bonchev–Trinajstić information content (AvgIpc) is 2.49. The zero-order chi connectivity index (χ0) is 16.5. The second-order valence-corrected chi connectivity index (χ2v) is 4.37. The lowest BCUT2D eigenvalue weighted by atomic mass is 10.2. The van der Waals surface area contributed by atoms with Crippen LogP contribution in [0, 0.1) is 11.3 Å².